The topological polar surface area (TPSA) is 64.8 Å². The fourth-order valence-electron chi connectivity index (χ4n) is 5.62. The summed E-state index contributed by atoms with van der Waals surface area (Å²) in [6, 6.07) is 8.34. The van der Waals surface area contributed by atoms with Gasteiger partial charge in [-0.2, -0.15) is 0 Å². The molecule has 4 atom stereocenters. The Hall–Kier alpha value is -1.43. The van der Waals surface area contributed by atoms with Crippen molar-refractivity contribution >= 4 is 5.91 Å². The second-order valence-corrected chi connectivity index (χ2v) is 8.09. The number of amides is 1. The van der Waals surface area contributed by atoms with Gasteiger partial charge in [0.05, 0.1) is 6.61 Å². The van der Waals surface area contributed by atoms with Crippen LogP contribution in [0, 0.1) is 11.8 Å². The van der Waals surface area contributed by atoms with E-state index < -0.39 is 0 Å². The van der Waals surface area contributed by atoms with Crippen LogP contribution in [-0.4, -0.2) is 50.3 Å². The van der Waals surface area contributed by atoms with Gasteiger partial charge in [0.2, 0.25) is 5.91 Å². The Bertz CT molecular complexity index is 642. The highest BCUT2D eigenvalue weighted by molar-refractivity contribution is 5.92. The van der Waals surface area contributed by atoms with Gasteiger partial charge < -0.3 is 15.2 Å². The highest BCUT2D eigenvalue weighted by Gasteiger charge is 2.54. The van der Waals surface area contributed by atoms with Gasteiger partial charge in [0, 0.05) is 50.2 Å². The van der Waals surface area contributed by atoms with Crippen LogP contribution in [-0.2, 0) is 15.1 Å². The molecule has 0 radical (unpaired) electrons. The number of nitrogens with zero attached hydrogens (tertiary/aromatic N) is 1. The molecule has 0 spiro atoms. The van der Waals surface area contributed by atoms with Crippen LogP contribution >= 0.6 is 0 Å². The molecule has 26 heavy (non-hydrogen) atoms. The third kappa shape index (κ3) is 2.96. The van der Waals surface area contributed by atoms with Gasteiger partial charge in [0.25, 0.3) is 0 Å². The molecule has 2 N–H and O–H groups in total. The van der Waals surface area contributed by atoms with Crippen molar-refractivity contribution < 1.29 is 14.3 Å². The molecule has 5 heteroatoms. The monoisotopic (exact) mass is 358 g/mol. The smallest absolute Gasteiger partial charge is 0.248 e. The lowest BCUT2D eigenvalue weighted by Gasteiger charge is -2.57. The molecule has 3 fully saturated rings. The van der Waals surface area contributed by atoms with Crippen LogP contribution in [0.25, 0.3) is 0 Å². The Balaban J connectivity index is 1.66. The van der Waals surface area contributed by atoms with Crippen molar-refractivity contribution in [3.63, 3.8) is 0 Å². The van der Waals surface area contributed by atoms with Crippen LogP contribution in [0.3, 0.4) is 0 Å². The molecule has 2 aliphatic heterocycles. The number of hydrogen-bond acceptors (Lipinski definition) is 4. The summed E-state index contributed by atoms with van der Waals surface area (Å²) in [6.07, 6.45) is 5.97. The van der Waals surface area contributed by atoms with E-state index in [1.807, 2.05) is 19.2 Å². The van der Waals surface area contributed by atoms with E-state index in [-0.39, 0.29) is 11.5 Å². The van der Waals surface area contributed by atoms with Crippen molar-refractivity contribution in [3.8, 4) is 0 Å². The van der Waals surface area contributed by atoms with Crippen LogP contribution in [0.1, 0.15) is 48.0 Å². The Morgan fingerprint density at radius 3 is 2.62 bits per heavy atom. The van der Waals surface area contributed by atoms with Crippen molar-refractivity contribution in [2.75, 3.05) is 33.4 Å². The van der Waals surface area contributed by atoms with Gasteiger partial charge in [-0.25, -0.2) is 0 Å². The molecule has 1 aromatic carbocycles. The minimum atomic E-state index is -0.375. The standard InChI is InChI=1S/C21H30N2O3/c1-25-21(16-6-2-5-15(11-16)20(22)24)17-7-3-8-18(21)13-23(12-17)19-9-4-10-26-14-19/h2,5-6,11,17-19H,3-4,7-10,12-14H2,1H3,(H2,22,24)/t17-,18+,19-,21?/m1/s1. The zero-order chi connectivity index (χ0) is 18.1. The average molecular weight is 358 g/mol. The number of carbonyl (C=O) groups is 1. The van der Waals surface area contributed by atoms with E-state index >= 15 is 0 Å². The summed E-state index contributed by atoms with van der Waals surface area (Å²) in [5, 5.41) is 0. The van der Waals surface area contributed by atoms with E-state index in [2.05, 4.69) is 11.0 Å². The van der Waals surface area contributed by atoms with Crippen LogP contribution in [0.2, 0.25) is 0 Å². The molecule has 1 saturated carbocycles. The highest BCUT2D eigenvalue weighted by Crippen LogP contribution is 2.52. The number of methoxy groups -OCH3 is 1. The highest BCUT2D eigenvalue weighted by atomic mass is 16.5. The minimum Gasteiger partial charge on any atom is -0.380 e. The van der Waals surface area contributed by atoms with Gasteiger partial charge in [-0.1, -0.05) is 18.6 Å². The van der Waals surface area contributed by atoms with Gasteiger partial charge in [-0.15, -0.1) is 0 Å². The molecule has 5 nitrogen and oxygen atoms in total. The van der Waals surface area contributed by atoms with E-state index in [0.29, 0.717) is 23.4 Å². The number of likely N-dealkylation sites (tertiary alicyclic amines) is 1. The predicted molar refractivity (Wildman–Crippen MR) is 99.9 cm³/mol. The maximum Gasteiger partial charge on any atom is 0.248 e. The van der Waals surface area contributed by atoms with Gasteiger partial charge in [0.15, 0.2) is 0 Å². The predicted octanol–water partition coefficient (Wildman–Crippen LogP) is 2.54. The maximum absolute atomic E-state index is 11.7. The van der Waals surface area contributed by atoms with E-state index in [1.165, 1.54) is 12.8 Å². The summed E-state index contributed by atoms with van der Waals surface area (Å²) < 4.78 is 12.0. The van der Waals surface area contributed by atoms with Crippen molar-refractivity contribution in [2.45, 2.75) is 43.7 Å². The number of ether oxygens (including phenoxy) is 2. The third-order valence-corrected chi connectivity index (χ3v) is 6.82. The molecule has 4 rings (SSSR count). The molecule has 1 aromatic rings. The summed E-state index contributed by atoms with van der Waals surface area (Å²) in [5.74, 6) is 0.496. The summed E-state index contributed by atoms with van der Waals surface area (Å²) >= 11 is 0. The molecular weight excluding hydrogens is 328 g/mol. The summed E-state index contributed by atoms with van der Waals surface area (Å²) in [7, 11) is 1.83. The number of hydrogen-bond donors (Lipinski definition) is 1. The molecular formula is C21H30N2O3. The SMILES string of the molecule is COC1(c2cccc(C(N)=O)c2)[C@@H]2CCC[C@H]1CN([C@@H]1CCCOC1)C2. The second kappa shape index (κ2) is 7.29. The van der Waals surface area contributed by atoms with Crippen molar-refractivity contribution in [1.82, 2.24) is 4.90 Å². The van der Waals surface area contributed by atoms with Crippen LogP contribution in [0.15, 0.2) is 24.3 Å². The minimum absolute atomic E-state index is 0.310. The van der Waals surface area contributed by atoms with E-state index in [1.54, 1.807) is 6.07 Å². The van der Waals surface area contributed by atoms with Crippen molar-refractivity contribution in [1.29, 1.82) is 0 Å². The van der Waals surface area contributed by atoms with Crippen LogP contribution in [0.4, 0.5) is 0 Å². The maximum atomic E-state index is 11.7. The zero-order valence-electron chi connectivity index (χ0n) is 15.7. The van der Waals surface area contributed by atoms with E-state index in [9.17, 15) is 4.79 Å². The van der Waals surface area contributed by atoms with Crippen LogP contribution in [0.5, 0.6) is 0 Å². The van der Waals surface area contributed by atoms with Crippen molar-refractivity contribution in [3.05, 3.63) is 35.4 Å². The number of piperidine rings is 1. The molecule has 2 bridgehead atoms. The second-order valence-electron chi connectivity index (χ2n) is 8.09. The Labute approximate surface area is 155 Å². The first-order valence-electron chi connectivity index (χ1n) is 9.92. The Kier molecular flexibility index (Phi) is 5.04. The number of benzene rings is 1. The summed E-state index contributed by atoms with van der Waals surface area (Å²) in [5.41, 5.74) is 6.91. The zero-order valence-corrected chi connectivity index (χ0v) is 15.7. The van der Waals surface area contributed by atoms with Crippen molar-refractivity contribution in [2.24, 2.45) is 17.6 Å². The molecule has 1 aliphatic carbocycles. The number of nitrogens with two attached hydrogens (primary N) is 1. The molecule has 3 aliphatic rings. The largest absolute Gasteiger partial charge is 0.380 e. The normalized spacial score (nSPS) is 35.2. The van der Waals surface area contributed by atoms with Gasteiger partial charge in [-0.3, -0.25) is 9.69 Å². The van der Waals surface area contributed by atoms with Gasteiger partial charge in [0.1, 0.15) is 5.60 Å². The number of carbonyl (C=O) groups excluding carboxylic acids is 1. The Morgan fingerprint density at radius 1 is 1.23 bits per heavy atom. The third-order valence-electron chi connectivity index (χ3n) is 6.82. The lowest BCUT2D eigenvalue weighted by atomic mass is 9.62. The molecule has 2 saturated heterocycles. The van der Waals surface area contributed by atoms with Crippen LogP contribution < -0.4 is 5.73 Å². The first-order valence-corrected chi connectivity index (χ1v) is 9.92. The molecule has 142 valence electrons. The lowest BCUT2D eigenvalue weighted by Crippen LogP contribution is -2.61. The van der Waals surface area contributed by atoms with E-state index in [4.69, 9.17) is 15.2 Å². The fraction of sp³-hybridized carbons (Fsp3) is 0.667. The first kappa shape index (κ1) is 18.0. The van der Waals surface area contributed by atoms with Gasteiger partial charge in [-0.05, 0) is 43.4 Å². The number of fused-ring (bicyclic) bond motifs is 2. The molecule has 1 amide bonds. The summed E-state index contributed by atoms with van der Waals surface area (Å²) in [6.45, 7) is 3.84. The van der Waals surface area contributed by atoms with Gasteiger partial charge >= 0.3 is 0 Å². The molecule has 0 aromatic heterocycles. The number of rotatable bonds is 4. The summed E-state index contributed by atoms with van der Waals surface area (Å²) in [4.78, 5) is 14.3. The average Bonchev–Trinajstić information content (AvgIpc) is 2.67. The Morgan fingerprint density at radius 2 is 2.00 bits per heavy atom. The molecule has 2 heterocycles. The fourth-order valence-corrected chi connectivity index (χ4v) is 5.62. The quantitative estimate of drug-likeness (QED) is 0.898. The van der Waals surface area contributed by atoms with E-state index in [0.717, 1.165) is 51.1 Å². The first-order chi connectivity index (χ1) is 12.6. The molecule has 1 unspecified atom stereocenters. The lowest BCUT2D eigenvalue weighted by molar-refractivity contribution is -0.179. The number of primary amides is 1.